The van der Waals surface area contributed by atoms with E-state index in [9.17, 15) is 8.42 Å². The minimum atomic E-state index is -3.54. The lowest BCUT2D eigenvalue weighted by atomic mass is 10.1. The van der Waals surface area contributed by atoms with E-state index in [1.54, 1.807) is 19.1 Å². The fourth-order valence-corrected chi connectivity index (χ4v) is 4.34. The van der Waals surface area contributed by atoms with Crippen molar-refractivity contribution in [2.45, 2.75) is 24.5 Å². The lowest BCUT2D eigenvalue weighted by Gasteiger charge is -2.16. The largest absolute Gasteiger partial charge is 0.377 e. The molecule has 1 heterocycles. The molecular formula is C18H20N2O3S. The quantitative estimate of drug-likeness (QED) is 0.725. The molecule has 24 heavy (non-hydrogen) atoms. The number of rotatable bonds is 4. The van der Waals surface area contributed by atoms with Crippen molar-refractivity contribution in [1.29, 1.82) is 0 Å². The summed E-state index contributed by atoms with van der Waals surface area (Å²) in [5.41, 5.74) is 2.48. The average Bonchev–Trinajstić information content (AvgIpc) is 2.85. The third kappa shape index (κ3) is 2.78. The van der Waals surface area contributed by atoms with E-state index in [0.29, 0.717) is 16.3 Å². The molecule has 126 valence electrons. The van der Waals surface area contributed by atoms with Crippen LogP contribution in [0.3, 0.4) is 0 Å². The summed E-state index contributed by atoms with van der Waals surface area (Å²) < 4.78 is 31.1. The van der Waals surface area contributed by atoms with Crippen molar-refractivity contribution in [2.75, 3.05) is 19.0 Å². The topological polar surface area (TPSA) is 63.4 Å². The minimum absolute atomic E-state index is 0.190. The van der Waals surface area contributed by atoms with Gasteiger partial charge in [0.05, 0.1) is 10.6 Å². The molecular weight excluding hydrogens is 324 g/mol. The van der Waals surface area contributed by atoms with Gasteiger partial charge in [-0.25, -0.2) is 8.42 Å². The number of sulfone groups is 1. The van der Waals surface area contributed by atoms with Crippen LogP contribution in [0.25, 0.3) is 10.8 Å². The molecule has 0 aliphatic heterocycles. The Morgan fingerprint density at radius 2 is 1.71 bits per heavy atom. The molecule has 1 aromatic heterocycles. The Labute approximate surface area is 141 Å². The molecule has 0 atom stereocenters. The number of hydrogen-bond donors (Lipinski definition) is 0. The van der Waals surface area contributed by atoms with Gasteiger partial charge in [0, 0.05) is 36.1 Å². The van der Waals surface area contributed by atoms with Gasteiger partial charge in [-0.15, -0.1) is 0 Å². The first-order chi connectivity index (χ1) is 11.3. The maximum atomic E-state index is 13.0. The van der Waals surface area contributed by atoms with Crippen LogP contribution in [0.4, 0.5) is 5.69 Å². The second-order valence-corrected chi connectivity index (χ2v) is 8.06. The summed E-state index contributed by atoms with van der Waals surface area (Å²) in [6.45, 7) is 3.63. The Bertz CT molecular complexity index is 1000. The molecule has 5 nitrogen and oxygen atoms in total. The number of aryl methyl sites for hydroxylation is 1. The molecule has 0 fully saturated rings. The number of benzene rings is 2. The number of nitrogens with zero attached hydrogens (tertiary/aromatic N) is 2. The van der Waals surface area contributed by atoms with Crippen molar-refractivity contribution in [3.8, 4) is 0 Å². The zero-order valence-electron chi connectivity index (χ0n) is 14.2. The first-order valence-electron chi connectivity index (χ1n) is 7.65. The third-order valence-electron chi connectivity index (χ3n) is 4.25. The predicted octanol–water partition coefficient (Wildman–Crippen LogP) is 3.48. The monoisotopic (exact) mass is 344 g/mol. The molecule has 0 N–H and O–H groups in total. The second kappa shape index (κ2) is 5.94. The van der Waals surface area contributed by atoms with E-state index in [4.69, 9.17) is 4.52 Å². The molecule has 0 unspecified atom stereocenters. The SMILES string of the molecule is Cc1noc(CS(=O)(=O)c2cccc3c(N(C)C)cccc23)c1C. The zero-order chi connectivity index (χ0) is 17.5. The Kier molecular flexibility index (Phi) is 4.09. The van der Waals surface area contributed by atoms with Crippen LogP contribution in [0, 0.1) is 13.8 Å². The van der Waals surface area contributed by atoms with Crippen molar-refractivity contribution < 1.29 is 12.9 Å². The van der Waals surface area contributed by atoms with E-state index in [2.05, 4.69) is 5.16 Å². The summed E-state index contributed by atoms with van der Waals surface area (Å²) in [6, 6.07) is 11.1. The molecule has 0 saturated heterocycles. The predicted molar refractivity (Wildman–Crippen MR) is 95.1 cm³/mol. The van der Waals surface area contributed by atoms with Crippen molar-refractivity contribution in [2.24, 2.45) is 0 Å². The Morgan fingerprint density at radius 3 is 2.33 bits per heavy atom. The smallest absolute Gasteiger partial charge is 0.186 e. The number of hydrogen-bond acceptors (Lipinski definition) is 5. The molecule has 0 aliphatic carbocycles. The zero-order valence-corrected chi connectivity index (χ0v) is 15.0. The second-order valence-electron chi connectivity index (χ2n) is 6.10. The first kappa shape index (κ1) is 16.5. The maximum Gasteiger partial charge on any atom is 0.186 e. The van der Waals surface area contributed by atoms with Gasteiger partial charge in [-0.2, -0.15) is 0 Å². The van der Waals surface area contributed by atoms with Gasteiger partial charge in [0.25, 0.3) is 0 Å². The maximum absolute atomic E-state index is 13.0. The van der Waals surface area contributed by atoms with Crippen LogP contribution in [0.15, 0.2) is 45.8 Å². The van der Waals surface area contributed by atoms with Crippen molar-refractivity contribution in [3.63, 3.8) is 0 Å². The van der Waals surface area contributed by atoms with E-state index in [-0.39, 0.29) is 5.75 Å². The molecule has 6 heteroatoms. The third-order valence-corrected chi connectivity index (χ3v) is 5.92. The molecule has 0 bridgehead atoms. The van der Waals surface area contributed by atoms with Crippen LogP contribution in [0.5, 0.6) is 0 Å². The van der Waals surface area contributed by atoms with E-state index in [1.807, 2.05) is 50.2 Å². The minimum Gasteiger partial charge on any atom is -0.377 e. The normalized spacial score (nSPS) is 11.8. The molecule has 0 aliphatic rings. The van der Waals surface area contributed by atoms with Crippen LogP contribution < -0.4 is 4.90 Å². The van der Waals surface area contributed by atoms with Gasteiger partial charge in [-0.3, -0.25) is 0 Å². The van der Waals surface area contributed by atoms with Gasteiger partial charge in [0.15, 0.2) is 15.6 Å². The standard InChI is InChI=1S/C18H20N2O3S/c1-12-13(2)19-23-17(12)11-24(21,22)18-10-6-7-14-15(18)8-5-9-16(14)20(3)4/h5-10H,11H2,1-4H3. The summed E-state index contributed by atoms with van der Waals surface area (Å²) >= 11 is 0. The summed E-state index contributed by atoms with van der Waals surface area (Å²) in [4.78, 5) is 2.29. The highest BCUT2D eigenvalue weighted by molar-refractivity contribution is 7.90. The van der Waals surface area contributed by atoms with E-state index >= 15 is 0 Å². The molecule has 0 amide bonds. The first-order valence-corrected chi connectivity index (χ1v) is 9.30. The fraction of sp³-hybridized carbons (Fsp3) is 0.278. The number of aromatic nitrogens is 1. The highest BCUT2D eigenvalue weighted by atomic mass is 32.2. The number of anilines is 1. The molecule has 0 radical (unpaired) electrons. The van der Waals surface area contributed by atoms with Crippen molar-refractivity contribution >= 4 is 26.3 Å². The van der Waals surface area contributed by atoms with Gasteiger partial charge in [-0.1, -0.05) is 29.4 Å². The fourth-order valence-electron chi connectivity index (χ4n) is 2.77. The highest BCUT2D eigenvalue weighted by Gasteiger charge is 2.23. The lowest BCUT2D eigenvalue weighted by Crippen LogP contribution is -2.10. The molecule has 3 rings (SSSR count). The van der Waals surface area contributed by atoms with Crippen LogP contribution in [-0.2, 0) is 15.6 Å². The molecule has 0 spiro atoms. The van der Waals surface area contributed by atoms with Gasteiger partial charge in [0.2, 0.25) is 0 Å². The van der Waals surface area contributed by atoms with Crippen molar-refractivity contribution in [3.05, 3.63) is 53.4 Å². The highest BCUT2D eigenvalue weighted by Crippen LogP contribution is 2.32. The summed E-state index contributed by atoms with van der Waals surface area (Å²) in [7, 11) is 0.338. The van der Waals surface area contributed by atoms with Crippen LogP contribution in [-0.4, -0.2) is 27.7 Å². The lowest BCUT2D eigenvalue weighted by molar-refractivity contribution is 0.388. The average molecular weight is 344 g/mol. The van der Waals surface area contributed by atoms with E-state index in [0.717, 1.165) is 22.0 Å². The molecule has 3 aromatic rings. The summed E-state index contributed by atoms with van der Waals surface area (Å²) in [6.07, 6.45) is 0. The van der Waals surface area contributed by atoms with Gasteiger partial charge < -0.3 is 9.42 Å². The molecule has 2 aromatic carbocycles. The van der Waals surface area contributed by atoms with Crippen LogP contribution in [0.2, 0.25) is 0 Å². The Hall–Kier alpha value is -2.34. The van der Waals surface area contributed by atoms with Crippen LogP contribution in [0.1, 0.15) is 17.0 Å². The summed E-state index contributed by atoms with van der Waals surface area (Å²) in [5, 5.41) is 5.48. The van der Waals surface area contributed by atoms with Gasteiger partial charge in [-0.05, 0) is 26.0 Å². The van der Waals surface area contributed by atoms with Gasteiger partial charge >= 0.3 is 0 Å². The van der Waals surface area contributed by atoms with Crippen LogP contribution >= 0.6 is 0 Å². The van der Waals surface area contributed by atoms with E-state index in [1.165, 1.54) is 0 Å². The van der Waals surface area contributed by atoms with E-state index < -0.39 is 9.84 Å². The molecule has 0 saturated carbocycles. The Morgan fingerprint density at radius 1 is 1.04 bits per heavy atom. The van der Waals surface area contributed by atoms with Gasteiger partial charge in [0.1, 0.15) is 5.75 Å². The summed E-state index contributed by atoms with van der Waals surface area (Å²) in [5.74, 6) is 0.207. The van der Waals surface area contributed by atoms with Crippen molar-refractivity contribution in [1.82, 2.24) is 5.16 Å². The number of fused-ring (bicyclic) bond motifs is 1. The Balaban J connectivity index is 2.15.